The van der Waals surface area contributed by atoms with Gasteiger partial charge < -0.3 is 14.2 Å². The number of benzene rings is 2. The van der Waals surface area contributed by atoms with Crippen molar-refractivity contribution < 1.29 is 14.1 Å². The van der Waals surface area contributed by atoms with Crippen LogP contribution in [0.3, 0.4) is 0 Å². The molecule has 1 heterocycles. The van der Waals surface area contributed by atoms with Crippen molar-refractivity contribution in [1.29, 1.82) is 0 Å². The summed E-state index contributed by atoms with van der Waals surface area (Å²) >= 11 is 5.87. The van der Waals surface area contributed by atoms with E-state index in [1.54, 1.807) is 30.3 Å². The quantitative estimate of drug-likeness (QED) is 0.633. The molecule has 0 radical (unpaired) electrons. The van der Waals surface area contributed by atoms with Gasteiger partial charge in [-0.3, -0.25) is 0 Å². The van der Waals surface area contributed by atoms with Crippen LogP contribution in [0.1, 0.15) is 16.1 Å². The lowest BCUT2D eigenvalue weighted by Crippen LogP contribution is -2.11. The number of halogens is 1. The number of hydrogen-bond donors (Lipinski definition) is 0. The molecular formula is C19H17ClN2O3. The largest absolute Gasteiger partial charge is 0.455 e. The lowest BCUT2D eigenvalue weighted by atomic mass is 10.1. The fourth-order valence-electron chi connectivity index (χ4n) is 2.26. The van der Waals surface area contributed by atoms with E-state index in [1.165, 1.54) is 0 Å². The maximum Gasteiger partial charge on any atom is 0.338 e. The molecule has 5 nitrogen and oxygen atoms in total. The first-order valence-electron chi connectivity index (χ1n) is 7.69. The van der Waals surface area contributed by atoms with Gasteiger partial charge >= 0.3 is 5.97 Å². The van der Waals surface area contributed by atoms with Gasteiger partial charge in [0.2, 0.25) is 0 Å². The van der Waals surface area contributed by atoms with Gasteiger partial charge in [0.05, 0.1) is 5.56 Å². The maximum absolute atomic E-state index is 12.2. The lowest BCUT2D eigenvalue weighted by Gasteiger charge is -2.13. The maximum atomic E-state index is 12.2. The monoisotopic (exact) mass is 356 g/mol. The van der Waals surface area contributed by atoms with Gasteiger partial charge in [-0.2, -0.15) is 0 Å². The van der Waals surface area contributed by atoms with Crippen LogP contribution in [0.15, 0.2) is 59.1 Å². The summed E-state index contributed by atoms with van der Waals surface area (Å²) in [6, 6.07) is 16.2. The minimum Gasteiger partial charge on any atom is -0.455 e. The van der Waals surface area contributed by atoms with Crippen LogP contribution >= 0.6 is 11.6 Å². The van der Waals surface area contributed by atoms with Crippen molar-refractivity contribution >= 4 is 23.3 Å². The SMILES string of the molecule is CN(C)c1cccc(C(=O)OCc2cc(-c3ccc(Cl)cc3)on2)c1. The number of ether oxygens (including phenoxy) is 1. The number of anilines is 1. The number of carbonyl (C=O) groups excluding carboxylic acids is 1. The summed E-state index contributed by atoms with van der Waals surface area (Å²) < 4.78 is 10.6. The molecule has 0 atom stereocenters. The van der Waals surface area contributed by atoms with Crippen molar-refractivity contribution in [2.75, 3.05) is 19.0 Å². The molecule has 3 aromatic rings. The number of carbonyl (C=O) groups is 1. The van der Waals surface area contributed by atoms with Crippen molar-refractivity contribution in [1.82, 2.24) is 5.16 Å². The molecule has 0 saturated heterocycles. The van der Waals surface area contributed by atoms with E-state index < -0.39 is 5.97 Å². The number of esters is 1. The lowest BCUT2D eigenvalue weighted by molar-refractivity contribution is 0.0464. The van der Waals surface area contributed by atoms with E-state index in [0.29, 0.717) is 22.0 Å². The van der Waals surface area contributed by atoms with Crippen molar-refractivity contribution in [3.8, 4) is 11.3 Å². The second-order valence-corrected chi connectivity index (χ2v) is 6.15. The highest BCUT2D eigenvalue weighted by molar-refractivity contribution is 6.30. The van der Waals surface area contributed by atoms with Crippen LogP contribution in [0.5, 0.6) is 0 Å². The molecule has 0 spiro atoms. The van der Waals surface area contributed by atoms with Crippen molar-refractivity contribution in [3.05, 3.63) is 70.9 Å². The molecule has 0 N–H and O–H groups in total. The topological polar surface area (TPSA) is 55.6 Å². The predicted octanol–water partition coefficient (Wildman–Crippen LogP) is 4.42. The van der Waals surface area contributed by atoms with Crippen molar-refractivity contribution in [2.24, 2.45) is 0 Å². The summed E-state index contributed by atoms with van der Waals surface area (Å²) in [4.78, 5) is 14.1. The van der Waals surface area contributed by atoms with Crippen LogP contribution < -0.4 is 4.90 Å². The van der Waals surface area contributed by atoms with E-state index >= 15 is 0 Å². The molecular weight excluding hydrogens is 340 g/mol. The number of aromatic nitrogens is 1. The molecule has 0 bridgehead atoms. The highest BCUT2D eigenvalue weighted by atomic mass is 35.5. The Morgan fingerprint density at radius 3 is 2.64 bits per heavy atom. The van der Waals surface area contributed by atoms with E-state index in [9.17, 15) is 4.79 Å². The van der Waals surface area contributed by atoms with Gasteiger partial charge in [-0.05, 0) is 42.5 Å². The van der Waals surface area contributed by atoms with Crippen LogP contribution in [0, 0.1) is 0 Å². The molecule has 0 aliphatic heterocycles. The average molecular weight is 357 g/mol. The first kappa shape index (κ1) is 17.0. The van der Waals surface area contributed by atoms with E-state index in [2.05, 4.69) is 5.16 Å². The Bertz CT molecular complexity index is 872. The summed E-state index contributed by atoms with van der Waals surface area (Å²) in [6.45, 7) is 0.0438. The van der Waals surface area contributed by atoms with Gasteiger partial charge in [0, 0.05) is 36.4 Å². The molecule has 0 aliphatic rings. The molecule has 0 saturated carbocycles. The second-order valence-electron chi connectivity index (χ2n) is 5.71. The van der Waals surface area contributed by atoms with Gasteiger partial charge in [-0.25, -0.2) is 4.79 Å². The van der Waals surface area contributed by atoms with Crippen LogP contribution in [0.4, 0.5) is 5.69 Å². The smallest absolute Gasteiger partial charge is 0.338 e. The van der Waals surface area contributed by atoms with Gasteiger partial charge in [-0.15, -0.1) is 0 Å². The third-order valence-electron chi connectivity index (χ3n) is 3.64. The Labute approximate surface area is 150 Å². The minimum absolute atomic E-state index is 0.0438. The molecule has 0 aliphatic carbocycles. The molecule has 3 rings (SSSR count). The van der Waals surface area contributed by atoms with Gasteiger partial charge in [0.25, 0.3) is 0 Å². The Kier molecular flexibility index (Phi) is 5.05. The molecule has 0 unspecified atom stereocenters. The Hall–Kier alpha value is -2.79. The highest BCUT2D eigenvalue weighted by Crippen LogP contribution is 2.23. The second kappa shape index (κ2) is 7.40. The molecule has 0 amide bonds. The fourth-order valence-corrected chi connectivity index (χ4v) is 2.39. The molecule has 25 heavy (non-hydrogen) atoms. The first-order chi connectivity index (χ1) is 12.0. The number of rotatable bonds is 5. The fraction of sp³-hybridized carbons (Fsp3) is 0.158. The van der Waals surface area contributed by atoms with Crippen molar-refractivity contribution in [3.63, 3.8) is 0 Å². The summed E-state index contributed by atoms with van der Waals surface area (Å²) in [5, 5.41) is 4.58. The third kappa shape index (κ3) is 4.19. The number of hydrogen-bond acceptors (Lipinski definition) is 5. The Morgan fingerprint density at radius 1 is 1.16 bits per heavy atom. The minimum atomic E-state index is -0.403. The van der Waals surface area contributed by atoms with Gasteiger partial charge in [0.1, 0.15) is 12.3 Å². The first-order valence-corrected chi connectivity index (χ1v) is 8.07. The predicted molar refractivity (Wildman–Crippen MR) is 96.8 cm³/mol. The molecule has 0 fully saturated rings. The summed E-state index contributed by atoms with van der Waals surface area (Å²) in [5.41, 5.74) is 2.82. The molecule has 1 aromatic heterocycles. The molecule has 128 valence electrons. The van der Waals surface area contributed by atoms with Crippen LogP contribution in [-0.4, -0.2) is 25.2 Å². The third-order valence-corrected chi connectivity index (χ3v) is 3.89. The van der Waals surface area contributed by atoms with Crippen molar-refractivity contribution in [2.45, 2.75) is 6.61 Å². The van der Waals surface area contributed by atoms with Crippen LogP contribution in [0.2, 0.25) is 5.02 Å². The number of nitrogens with zero attached hydrogens (tertiary/aromatic N) is 2. The average Bonchev–Trinajstić information content (AvgIpc) is 3.09. The zero-order chi connectivity index (χ0) is 17.8. The van der Waals surface area contributed by atoms with Crippen LogP contribution in [0.25, 0.3) is 11.3 Å². The zero-order valence-electron chi connectivity index (χ0n) is 13.9. The normalized spacial score (nSPS) is 10.5. The zero-order valence-corrected chi connectivity index (χ0v) is 14.7. The van der Waals surface area contributed by atoms with E-state index in [0.717, 1.165) is 11.3 Å². The summed E-state index contributed by atoms with van der Waals surface area (Å²) in [7, 11) is 3.83. The van der Waals surface area contributed by atoms with Gasteiger partial charge in [-0.1, -0.05) is 22.8 Å². The standard InChI is InChI=1S/C19H17ClN2O3/c1-22(2)17-5-3-4-14(10-17)19(23)24-12-16-11-18(25-21-16)13-6-8-15(20)9-7-13/h3-11H,12H2,1-2H3. The van der Waals surface area contributed by atoms with Gasteiger partial charge in [0.15, 0.2) is 5.76 Å². The summed E-state index contributed by atoms with van der Waals surface area (Å²) in [6.07, 6.45) is 0. The van der Waals surface area contributed by atoms with Crippen LogP contribution in [-0.2, 0) is 11.3 Å². The summed E-state index contributed by atoms with van der Waals surface area (Å²) in [5.74, 6) is 0.192. The van der Waals surface area contributed by atoms with E-state index in [4.69, 9.17) is 20.9 Å². The van der Waals surface area contributed by atoms with E-state index in [1.807, 2.05) is 43.3 Å². The molecule has 2 aromatic carbocycles. The van der Waals surface area contributed by atoms with E-state index in [-0.39, 0.29) is 6.61 Å². The Balaban J connectivity index is 1.65. The Morgan fingerprint density at radius 2 is 1.92 bits per heavy atom. The molecule has 6 heteroatoms. The highest BCUT2D eigenvalue weighted by Gasteiger charge is 2.12.